The van der Waals surface area contributed by atoms with Crippen LogP contribution in [-0.2, 0) is 0 Å². The predicted octanol–water partition coefficient (Wildman–Crippen LogP) is 3.58. The number of benzene rings is 1. The van der Waals surface area contributed by atoms with Crippen LogP contribution in [0.1, 0.15) is 45.1 Å². The average Bonchev–Trinajstić information content (AvgIpc) is 2.41. The Morgan fingerprint density at radius 1 is 1.35 bits per heavy atom. The minimum absolute atomic E-state index is 0.123. The van der Waals surface area contributed by atoms with Gasteiger partial charge in [0.25, 0.3) is 0 Å². The van der Waals surface area contributed by atoms with Crippen molar-refractivity contribution in [3.05, 3.63) is 29.8 Å². The highest BCUT2D eigenvalue weighted by Gasteiger charge is 2.37. The number of rotatable bonds is 4. The lowest BCUT2D eigenvalue weighted by molar-refractivity contribution is 0.109. The normalized spacial score (nSPS) is 26.2. The molecule has 2 rings (SSSR count). The van der Waals surface area contributed by atoms with Gasteiger partial charge in [0.05, 0.1) is 6.07 Å². The fourth-order valence-corrected chi connectivity index (χ4v) is 2.95. The lowest BCUT2D eigenvalue weighted by Crippen LogP contribution is -2.52. The molecule has 0 bridgehead atoms. The van der Waals surface area contributed by atoms with Crippen molar-refractivity contribution in [2.45, 2.75) is 64.1 Å². The molecule has 1 aliphatic carbocycles. The summed E-state index contributed by atoms with van der Waals surface area (Å²) in [5.74, 6) is 0.902. The molecule has 20 heavy (non-hydrogen) atoms. The Labute approximate surface area is 121 Å². The van der Waals surface area contributed by atoms with Crippen molar-refractivity contribution in [3.63, 3.8) is 0 Å². The summed E-state index contributed by atoms with van der Waals surface area (Å²) in [7, 11) is 0. The smallest absolute Gasteiger partial charge is 0.119 e. The second-order valence-electron chi connectivity index (χ2n) is 6.14. The predicted molar refractivity (Wildman–Crippen MR) is 80.7 cm³/mol. The maximum absolute atomic E-state index is 9.54. The quantitative estimate of drug-likeness (QED) is 0.911. The van der Waals surface area contributed by atoms with E-state index in [2.05, 4.69) is 44.3 Å². The van der Waals surface area contributed by atoms with Gasteiger partial charge >= 0.3 is 0 Å². The van der Waals surface area contributed by atoms with E-state index in [0.717, 1.165) is 31.4 Å². The van der Waals surface area contributed by atoms with Gasteiger partial charge in [-0.3, -0.25) is 5.32 Å². The highest BCUT2D eigenvalue weighted by atomic mass is 16.5. The molecule has 0 saturated heterocycles. The fourth-order valence-electron chi connectivity index (χ4n) is 2.95. The van der Waals surface area contributed by atoms with E-state index in [1.54, 1.807) is 0 Å². The molecule has 0 amide bonds. The van der Waals surface area contributed by atoms with E-state index >= 15 is 0 Å². The number of aryl methyl sites for hydroxylation is 1. The summed E-state index contributed by atoms with van der Waals surface area (Å²) in [5.41, 5.74) is 0.802. The van der Waals surface area contributed by atoms with Crippen molar-refractivity contribution in [3.8, 4) is 11.8 Å². The van der Waals surface area contributed by atoms with Gasteiger partial charge in [0.2, 0.25) is 0 Å². The standard InChI is InChI=1S/C17H24N2O/c1-13(2)19-17(12-18)10-4-5-16(11-17)20-15-8-6-14(3)7-9-15/h6-9,13,16,19H,4-5,10-11H2,1-3H3. The zero-order valence-electron chi connectivity index (χ0n) is 12.6. The molecule has 3 nitrogen and oxygen atoms in total. The summed E-state index contributed by atoms with van der Waals surface area (Å²) in [4.78, 5) is 0. The van der Waals surface area contributed by atoms with Gasteiger partial charge in [0.1, 0.15) is 17.4 Å². The van der Waals surface area contributed by atoms with Gasteiger partial charge in [-0.25, -0.2) is 0 Å². The van der Waals surface area contributed by atoms with Gasteiger partial charge in [-0.2, -0.15) is 5.26 Å². The van der Waals surface area contributed by atoms with Crippen LogP contribution in [0.4, 0.5) is 0 Å². The maximum atomic E-state index is 9.54. The van der Waals surface area contributed by atoms with E-state index in [4.69, 9.17) is 4.74 Å². The minimum Gasteiger partial charge on any atom is -0.490 e. The summed E-state index contributed by atoms with van der Waals surface area (Å²) >= 11 is 0. The summed E-state index contributed by atoms with van der Waals surface area (Å²) in [6.07, 6.45) is 3.85. The summed E-state index contributed by atoms with van der Waals surface area (Å²) in [6, 6.07) is 10.9. The molecule has 1 saturated carbocycles. The second kappa shape index (κ2) is 6.28. The van der Waals surface area contributed by atoms with Crippen LogP contribution in [0.3, 0.4) is 0 Å². The molecule has 0 aliphatic heterocycles. The SMILES string of the molecule is Cc1ccc(OC2CCCC(C#N)(NC(C)C)C2)cc1. The first-order valence-electron chi connectivity index (χ1n) is 7.45. The number of ether oxygens (including phenoxy) is 1. The van der Waals surface area contributed by atoms with Gasteiger partial charge in [-0.05, 0) is 52.2 Å². The molecule has 0 spiro atoms. The van der Waals surface area contributed by atoms with E-state index < -0.39 is 5.54 Å². The molecule has 2 unspecified atom stereocenters. The Hall–Kier alpha value is -1.53. The van der Waals surface area contributed by atoms with E-state index in [0.29, 0.717) is 6.04 Å². The second-order valence-corrected chi connectivity index (χ2v) is 6.14. The Morgan fingerprint density at radius 3 is 2.65 bits per heavy atom. The minimum atomic E-state index is -0.429. The first-order chi connectivity index (χ1) is 9.53. The van der Waals surface area contributed by atoms with E-state index in [1.807, 2.05) is 12.1 Å². The van der Waals surface area contributed by atoms with Gasteiger partial charge in [-0.1, -0.05) is 17.7 Å². The maximum Gasteiger partial charge on any atom is 0.119 e. The zero-order valence-corrected chi connectivity index (χ0v) is 12.6. The first kappa shape index (κ1) is 14.9. The monoisotopic (exact) mass is 272 g/mol. The Balaban J connectivity index is 2.03. The van der Waals surface area contributed by atoms with Crippen LogP contribution in [0.2, 0.25) is 0 Å². The molecule has 108 valence electrons. The summed E-state index contributed by atoms with van der Waals surface area (Å²) in [6.45, 7) is 6.24. The van der Waals surface area contributed by atoms with E-state index in [-0.39, 0.29) is 6.10 Å². The van der Waals surface area contributed by atoms with Crippen LogP contribution in [0, 0.1) is 18.3 Å². The zero-order chi connectivity index (χ0) is 14.6. The van der Waals surface area contributed by atoms with Gasteiger partial charge in [0, 0.05) is 12.5 Å². The van der Waals surface area contributed by atoms with Crippen LogP contribution in [0.15, 0.2) is 24.3 Å². The molecule has 0 aromatic heterocycles. The molecule has 3 heteroatoms. The van der Waals surface area contributed by atoms with Crippen LogP contribution < -0.4 is 10.1 Å². The highest BCUT2D eigenvalue weighted by Crippen LogP contribution is 2.31. The third kappa shape index (κ3) is 3.74. The Kier molecular flexibility index (Phi) is 4.67. The lowest BCUT2D eigenvalue weighted by atomic mass is 9.80. The average molecular weight is 272 g/mol. The molecule has 1 aliphatic rings. The topological polar surface area (TPSA) is 45.0 Å². The Morgan fingerprint density at radius 2 is 2.05 bits per heavy atom. The summed E-state index contributed by atoms with van der Waals surface area (Å²) < 4.78 is 6.06. The highest BCUT2D eigenvalue weighted by molar-refractivity contribution is 5.26. The molecule has 0 radical (unpaired) electrons. The number of nitrogens with one attached hydrogen (secondary N) is 1. The third-order valence-corrected chi connectivity index (χ3v) is 3.81. The van der Waals surface area contributed by atoms with Crippen molar-refractivity contribution in [2.75, 3.05) is 0 Å². The van der Waals surface area contributed by atoms with Crippen molar-refractivity contribution in [1.82, 2.24) is 5.32 Å². The third-order valence-electron chi connectivity index (χ3n) is 3.81. The van der Waals surface area contributed by atoms with Crippen LogP contribution >= 0.6 is 0 Å². The van der Waals surface area contributed by atoms with Crippen molar-refractivity contribution in [2.24, 2.45) is 0 Å². The summed E-state index contributed by atoms with van der Waals surface area (Å²) in [5, 5.41) is 13.0. The Bertz CT molecular complexity index is 475. The number of nitriles is 1. The van der Waals surface area contributed by atoms with E-state index in [1.165, 1.54) is 5.56 Å². The number of nitrogens with zero attached hydrogens (tertiary/aromatic N) is 1. The number of hydrogen-bond donors (Lipinski definition) is 1. The molecule has 1 aromatic carbocycles. The molecule has 0 heterocycles. The molecular formula is C17H24N2O. The fraction of sp³-hybridized carbons (Fsp3) is 0.588. The number of hydrogen-bond acceptors (Lipinski definition) is 3. The van der Waals surface area contributed by atoms with Crippen molar-refractivity contribution < 1.29 is 4.74 Å². The molecule has 2 atom stereocenters. The lowest BCUT2D eigenvalue weighted by Gasteiger charge is -2.37. The largest absolute Gasteiger partial charge is 0.490 e. The molecule has 1 aromatic rings. The van der Waals surface area contributed by atoms with Gasteiger partial charge in [-0.15, -0.1) is 0 Å². The molecule has 1 fully saturated rings. The van der Waals surface area contributed by atoms with Crippen LogP contribution in [-0.4, -0.2) is 17.7 Å². The van der Waals surface area contributed by atoms with Gasteiger partial charge in [0.15, 0.2) is 0 Å². The van der Waals surface area contributed by atoms with Crippen molar-refractivity contribution in [1.29, 1.82) is 5.26 Å². The van der Waals surface area contributed by atoms with Crippen LogP contribution in [0.5, 0.6) is 5.75 Å². The van der Waals surface area contributed by atoms with E-state index in [9.17, 15) is 5.26 Å². The van der Waals surface area contributed by atoms with Gasteiger partial charge < -0.3 is 4.74 Å². The first-order valence-corrected chi connectivity index (χ1v) is 7.45. The molecular weight excluding hydrogens is 248 g/mol. The van der Waals surface area contributed by atoms with Crippen molar-refractivity contribution >= 4 is 0 Å². The van der Waals surface area contributed by atoms with Crippen LogP contribution in [0.25, 0.3) is 0 Å². The molecule has 1 N–H and O–H groups in total.